The first-order chi connectivity index (χ1) is 11.0. The molecule has 124 valence electrons. The van der Waals surface area contributed by atoms with Crippen LogP contribution in [0.4, 0.5) is 4.39 Å². The Kier molecular flexibility index (Phi) is 4.02. The molecule has 0 aromatic heterocycles. The summed E-state index contributed by atoms with van der Waals surface area (Å²) in [6.07, 6.45) is 0.503. The van der Waals surface area contributed by atoms with Gasteiger partial charge in [-0.15, -0.1) is 0 Å². The molecular formula is C17H19FO5. The van der Waals surface area contributed by atoms with Crippen LogP contribution in [-0.2, 0) is 19.0 Å². The number of rotatable bonds is 4. The topological polar surface area (TPSA) is 54.0 Å². The van der Waals surface area contributed by atoms with Crippen LogP contribution in [0.15, 0.2) is 17.9 Å². The van der Waals surface area contributed by atoms with Crippen LogP contribution in [0.5, 0.6) is 5.75 Å². The summed E-state index contributed by atoms with van der Waals surface area (Å²) in [4.78, 5) is 12.2. The van der Waals surface area contributed by atoms with Gasteiger partial charge >= 0.3 is 5.97 Å². The van der Waals surface area contributed by atoms with Crippen molar-refractivity contribution in [2.75, 3.05) is 26.9 Å². The summed E-state index contributed by atoms with van der Waals surface area (Å²) < 4.78 is 35.4. The molecule has 0 atom stereocenters. The van der Waals surface area contributed by atoms with Crippen molar-refractivity contribution >= 4 is 11.5 Å². The summed E-state index contributed by atoms with van der Waals surface area (Å²) in [7, 11) is 1.48. The van der Waals surface area contributed by atoms with Crippen molar-refractivity contribution in [3.63, 3.8) is 0 Å². The molecule has 5 nitrogen and oxygen atoms in total. The van der Waals surface area contributed by atoms with E-state index in [0.29, 0.717) is 42.1 Å². The van der Waals surface area contributed by atoms with Gasteiger partial charge in [-0.1, -0.05) is 0 Å². The van der Waals surface area contributed by atoms with Crippen molar-refractivity contribution in [2.24, 2.45) is 0 Å². The van der Waals surface area contributed by atoms with Crippen LogP contribution < -0.4 is 4.74 Å². The summed E-state index contributed by atoms with van der Waals surface area (Å²) in [5.41, 5.74) is 1.20. The summed E-state index contributed by atoms with van der Waals surface area (Å²) in [6.45, 7) is 4.46. The lowest BCUT2D eigenvalue weighted by Gasteiger charge is -2.37. The third kappa shape index (κ3) is 2.57. The molecule has 0 unspecified atom stereocenters. The first kappa shape index (κ1) is 15.8. The van der Waals surface area contributed by atoms with Gasteiger partial charge in [-0.3, -0.25) is 0 Å². The highest BCUT2D eigenvalue weighted by Gasteiger charge is 2.50. The highest BCUT2D eigenvalue weighted by Crippen LogP contribution is 2.46. The van der Waals surface area contributed by atoms with E-state index in [0.717, 1.165) is 0 Å². The third-order valence-corrected chi connectivity index (χ3v) is 4.15. The molecule has 0 bridgehead atoms. The second kappa shape index (κ2) is 5.85. The molecule has 0 radical (unpaired) electrons. The van der Waals surface area contributed by atoms with Gasteiger partial charge in [0.2, 0.25) is 5.76 Å². The lowest BCUT2D eigenvalue weighted by atomic mass is 9.90. The Morgan fingerprint density at radius 1 is 1.39 bits per heavy atom. The molecule has 2 aliphatic heterocycles. The summed E-state index contributed by atoms with van der Waals surface area (Å²) in [6, 6.07) is 2.98. The van der Waals surface area contributed by atoms with Crippen LogP contribution in [0.1, 0.15) is 24.5 Å². The van der Waals surface area contributed by atoms with E-state index in [1.54, 1.807) is 19.9 Å². The third-order valence-electron chi connectivity index (χ3n) is 4.15. The van der Waals surface area contributed by atoms with Crippen molar-refractivity contribution < 1.29 is 28.1 Å². The van der Waals surface area contributed by atoms with E-state index in [4.69, 9.17) is 18.9 Å². The van der Waals surface area contributed by atoms with Gasteiger partial charge in [-0.05, 0) is 26.0 Å². The average molecular weight is 322 g/mol. The quantitative estimate of drug-likeness (QED) is 0.798. The number of ether oxygens (including phenoxy) is 4. The molecule has 1 aromatic carbocycles. The van der Waals surface area contributed by atoms with Crippen LogP contribution in [0.25, 0.3) is 5.57 Å². The molecule has 0 amide bonds. The van der Waals surface area contributed by atoms with Crippen molar-refractivity contribution in [1.29, 1.82) is 0 Å². The van der Waals surface area contributed by atoms with Gasteiger partial charge in [0.25, 0.3) is 0 Å². The SMILES string of the molecule is CCOC(=O)C1=C(c2ccc(F)c(C)c2OC)CC2(COC2)O1. The Morgan fingerprint density at radius 3 is 2.70 bits per heavy atom. The molecule has 1 saturated heterocycles. The van der Waals surface area contributed by atoms with Gasteiger partial charge in [-0.2, -0.15) is 0 Å². The summed E-state index contributed by atoms with van der Waals surface area (Å²) >= 11 is 0. The van der Waals surface area contributed by atoms with Gasteiger partial charge in [0.1, 0.15) is 11.6 Å². The smallest absolute Gasteiger partial charge is 0.373 e. The van der Waals surface area contributed by atoms with Gasteiger partial charge in [0.05, 0.1) is 26.9 Å². The Morgan fingerprint density at radius 2 is 2.13 bits per heavy atom. The molecule has 2 aliphatic rings. The number of methoxy groups -OCH3 is 1. The van der Waals surface area contributed by atoms with Crippen molar-refractivity contribution in [3.05, 3.63) is 34.8 Å². The van der Waals surface area contributed by atoms with Crippen LogP contribution in [0.2, 0.25) is 0 Å². The number of benzene rings is 1. The van der Waals surface area contributed by atoms with Gasteiger partial charge < -0.3 is 18.9 Å². The van der Waals surface area contributed by atoms with E-state index in [1.165, 1.54) is 13.2 Å². The highest BCUT2D eigenvalue weighted by molar-refractivity contribution is 5.98. The first-order valence-corrected chi connectivity index (χ1v) is 7.52. The minimum absolute atomic E-state index is 0.166. The van der Waals surface area contributed by atoms with Crippen LogP contribution in [0, 0.1) is 12.7 Å². The molecule has 1 aromatic rings. The Bertz CT molecular complexity index is 676. The highest BCUT2D eigenvalue weighted by atomic mass is 19.1. The van der Waals surface area contributed by atoms with Crippen molar-refractivity contribution in [3.8, 4) is 5.75 Å². The second-order valence-electron chi connectivity index (χ2n) is 5.74. The number of hydrogen-bond donors (Lipinski definition) is 0. The predicted molar refractivity (Wildman–Crippen MR) is 80.5 cm³/mol. The number of carbonyl (C=O) groups excluding carboxylic acids is 1. The molecule has 3 rings (SSSR count). The number of hydrogen-bond acceptors (Lipinski definition) is 5. The standard InChI is InChI=1S/C17H19FO5/c1-4-22-16(19)15-12(7-17(23-15)8-21-9-17)11-5-6-13(18)10(2)14(11)20-3/h5-6H,4,7-9H2,1-3H3. The van der Waals surface area contributed by atoms with Crippen molar-refractivity contribution in [2.45, 2.75) is 25.9 Å². The van der Waals surface area contributed by atoms with E-state index >= 15 is 0 Å². The minimum Gasteiger partial charge on any atom is -0.496 e. The van der Waals surface area contributed by atoms with Gasteiger partial charge in [-0.25, -0.2) is 9.18 Å². The molecule has 0 aliphatic carbocycles. The zero-order valence-corrected chi connectivity index (χ0v) is 13.4. The van der Waals surface area contributed by atoms with E-state index in [-0.39, 0.29) is 18.2 Å². The largest absolute Gasteiger partial charge is 0.496 e. The Balaban J connectivity index is 2.08. The van der Waals surface area contributed by atoms with Crippen LogP contribution >= 0.6 is 0 Å². The van der Waals surface area contributed by atoms with Crippen molar-refractivity contribution in [1.82, 2.24) is 0 Å². The predicted octanol–water partition coefficient (Wildman–Crippen LogP) is 2.61. The Hall–Kier alpha value is -2.08. The maximum atomic E-state index is 13.8. The number of esters is 1. The lowest BCUT2D eigenvalue weighted by Crippen LogP contribution is -2.49. The minimum atomic E-state index is -0.523. The fourth-order valence-corrected chi connectivity index (χ4v) is 2.95. The maximum Gasteiger partial charge on any atom is 0.373 e. The van der Waals surface area contributed by atoms with Crippen LogP contribution in [0.3, 0.4) is 0 Å². The number of carbonyl (C=O) groups is 1. The summed E-state index contributed by atoms with van der Waals surface area (Å²) in [5, 5.41) is 0. The molecular weight excluding hydrogens is 303 g/mol. The van der Waals surface area contributed by atoms with E-state index in [1.807, 2.05) is 0 Å². The monoisotopic (exact) mass is 322 g/mol. The molecule has 0 saturated carbocycles. The summed E-state index contributed by atoms with van der Waals surface area (Å²) in [5.74, 6) is -0.304. The lowest BCUT2D eigenvalue weighted by molar-refractivity contribution is -0.184. The fraction of sp³-hybridized carbons (Fsp3) is 0.471. The molecule has 1 spiro atoms. The van der Waals surface area contributed by atoms with Gasteiger partial charge in [0.15, 0.2) is 5.60 Å². The molecule has 23 heavy (non-hydrogen) atoms. The average Bonchev–Trinajstić information content (AvgIpc) is 2.91. The van der Waals surface area contributed by atoms with E-state index in [2.05, 4.69) is 0 Å². The molecule has 2 heterocycles. The first-order valence-electron chi connectivity index (χ1n) is 7.52. The fourth-order valence-electron chi connectivity index (χ4n) is 2.95. The van der Waals surface area contributed by atoms with E-state index < -0.39 is 11.6 Å². The van der Waals surface area contributed by atoms with Crippen LogP contribution in [-0.4, -0.2) is 38.5 Å². The molecule has 1 fully saturated rings. The van der Waals surface area contributed by atoms with E-state index in [9.17, 15) is 9.18 Å². The normalized spacial score (nSPS) is 18.6. The molecule has 6 heteroatoms. The maximum absolute atomic E-state index is 13.8. The van der Waals surface area contributed by atoms with Gasteiger partial charge in [0, 0.05) is 23.1 Å². The zero-order chi connectivity index (χ0) is 16.6. The number of halogens is 1. The zero-order valence-electron chi connectivity index (χ0n) is 13.4. The Labute approximate surface area is 134 Å². The molecule has 0 N–H and O–H groups in total. The second-order valence-corrected chi connectivity index (χ2v) is 5.74.